The van der Waals surface area contributed by atoms with Crippen LogP contribution in [0.25, 0.3) is 0 Å². The maximum Gasteiger partial charge on any atom is 0.418 e. The zero-order valence-electron chi connectivity index (χ0n) is 16.3. The summed E-state index contributed by atoms with van der Waals surface area (Å²) in [5.41, 5.74) is -2.41. The number of aliphatic imine (C=N–C) groups is 1. The van der Waals surface area contributed by atoms with Crippen molar-refractivity contribution in [2.75, 3.05) is 12.4 Å². The summed E-state index contributed by atoms with van der Waals surface area (Å²) in [5.74, 6) is -1.36. The van der Waals surface area contributed by atoms with Crippen molar-refractivity contribution in [3.8, 4) is 0 Å². The van der Waals surface area contributed by atoms with Gasteiger partial charge in [0.2, 0.25) is 11.8 Å². The summed E-state index contributed by atoms with van der Waals surface area (Å²) < 4.78 is 77.8. The molecule has 0 spiro atoms. The predicted octanol–water partition coefficient (Wildman–Crippen LogP) is 5.31. The van der Waals surface area contributed by atoms with Gasteiger partial charge in [-0.3, -0.25) is 14.5 Å². The van der Waals surface area contributed by atoms with E-state index in [4.69, 9.17) is 0 Å². The summed E-state index contributed by atoms with van der Waals surface area (Å²) in [4.78, 5) is 29.9. The minimum Gasteiger partial charge on any atom is -0.325 e. The number of anilines is 1. The largest absolute Gasteiger partial charge is 0.418 e. The average molecular weight is 475 g/mol. The van der Waals surface area contributed by atoms with Gasteiger partial charge in [0.1, 0.15) is 5.25 Å². The van der Waals surface area contributed by atoms with E-state index < -0.39 is 52.7 Å². The van der Waals surface area contributed by atoms with Crippen molar-refractivity contribution in [1.29, 1.82) is 0 Å². The molecule has 0 bridgehead atoms. The first-order valence-corrected chi connectivity index (χ1v) is 9.90. The fraction of sp³-hybridized carbons (Fsp3) is 0.250. The van der Waals surface area contributed by atoms with Crippen molar-refractivity contribution in [2.45, 2.75) is 24.0 Å². The van der Waals surface area contributed by atoms with Crippen LogP contribution in [0.3, 0.4) is 0 Å². The van der Waals surface area contributed by atoms with Crippen molar-refractivity contribution < 1.29 is 35.9 Å². The molecule has 1 heterocycles. The first kappa shape index (κ1) is 23.6. The topological polar surface area (TPSA) is 61.8 Å². The molecule has 1 N–H and O–H groups in total. The number of thioether (sulfide) groups is 1. The number of halogens is 6. The number of benzene rings is 2. The van der Waals surface area contributed by atoms with Crippen molar-refractivity contribution in [1.82, 2.24) is 4.90 Å². The van der Waals surface area contributed by atoms with E-state index in [1.54, 1.807) is 0 Å². The number of hydrogen-bond donors (Lipinski definition) is 1. The summed E-state index contributed by atoms with van der Waals surface area (Å²) in [5, 5.41) is 1.25. The summed E-state index contributed by atoms with van der Waals surface area (Å²) in [6.45, 7) is 0. The van der Waals surface area contributed by atoms with Gasteiger partial charge in [0.05, 0.1) is 22.5 Å². The lowest BCUT2D eigenvalue weighted by Gasteiger charge is -2.14. The molecule has 0 aromatic heterocycles. The molecule has 2 aromatic carbocycles. The molecule has 1 fully saturated rings. The van der Waals surface area contributed by atoms with Crippen LogP contribution in [0.1, 0.15) is 17.5 Å². The van der Waals surface area contributed by atoms with E-state index in [0.29, 0.717) is 0 Å². The van der Waals surface area contributed by atoms with Gasteiger partial charge in [0, 0.05) is 13.5 Å². The second kappa shape index (κ2) is 8.85. The molecule has 0 unspecified atom stereocenters. The molecule has 1 saturated heterocycles. The van der Waals surface area contributed by atoms with Gasteiger partial charge >= 0.3 is 12.4 Å². The van der Waals surface area contributed by atoms with Gasteiger partial charge in [-0.1, -0.05) is 30.0 Å². The molecule has 1 atom stereocenters. The van der Waals surface area contributed by atoms with Gasteiger partial charge in [-0.15, -0.1) is 0 Å². The first-order chi connectivity index (χ1) is 14.9. The minimum atomic E-state index is -4.67. The summed E-state index contributed by atoms with van der Waals surface area (Å²) in [7, 11) is 1.35. The van der Waals surface area contributed by atoms with Crippen LogP contribution in [0.4, 0.5) is 37.7 Å². The Morgan fingerprint density at radius 3 is 2.41 bits per heavy atom. The quantitative estimate of drug-likeness (QED) is 0.610. The minimum absolute atomic E-state index is 0.0359. The number of carbonyl (C=O) groups excluding carboxylic acids is 2. The number of amidine groups is 1. The number of rotatable bonds is 4. The standard InChI is InChI=1S/C20H15F6N3O2S/c1-29-17(31)15(10-16(30)28-14-8-3-2-7-13(14)20(24,25)26)32-18(29)27-12-6-4-5-11(9-12)19(21,22)23/h2-9,15H,10H2,1H3,(H,28,30)/t15-/m1/s1. The predicted molar refractivity (Wildman–Crippen MR) is 107 cm³/mol. The van der Waals surface area contributed by atoms with Gasteiger partial charge in [-0.25, -0.2) is 4.99 Å². The molecule has 0 aliphatic carbocycles. The van der Waals surface area contributed by atoms with Crippen LogP contribution < -0.4 is 5.32 Å². The average Bonchev–Trinajstić information content (AvgIpc) is 2.95. The summed E-state index contributed by atoms with van der Waals surface area (Å²) >= 11 is 0.846. The molecule has 0 saturated carbocycles. The van der Waals surface area contributed by atoms with Gasteiger partial charge in [-0.2, -0.15) is 26.3 Å². The van der Waals surface area contributed by atoms with E-state index in [9.17, 15) is 35.9 Å². The third-order valence-corrected chi connectivity index (χ3v) is 5.64. The van der Waals surface area contributed by atoms with Crippen LogP contribution in [0.15, 0.2) is 53.5 Å². The Balaban J connectivity index is 1.73. The lowest BCUT2D eigenvalue weighted by molar-refractivity contribution is -0.138. The van der Waals surface area contributed by atoms with Crippen molar-refractivity contribution in [3.63, 3.8) is 0 Å². The molecule has 0 radical (unpaired) electrons. The fourth-order valence-electron chi connectivity index (χ4n) is 2.87. The van der Waals surface area contributed by atoms with Crippen LogP contribution in [-0.4, -0.2) is 34.2 Å². The number of nitrogens with zero attached hydrogens (tertiary/aromatic N) is 2. The van der Waals surface area contributed by atoms with E-state index in [1.165, 1.54) is 31.3 Å². The van der Waals surface area contributed by atoms with Gasteiger partial charge in [0.25, 0.3) is 0 Å². The lowest BCUT2D eigenvalue weighted by atomic mass is 10.1. The van der Waals surface area contributed by atoms with E-state index in [-0.39, 0.29) is 10.9 Å². The van der Waals surface area contributed by atoms with Gasteiger partial charge in [0.15, 0.2) is 5.17 Å². The Bertz CT molecular complexity index is 1070. The van der Waals surface area contributed by atoms with E-state index in [2.05, 4.69) is 10.3 Å². The Morgan fingerprint density at radius 1 is 1.06 bits per heavy atom. The van der Waals surface area contributed by atoms with Gasteiger partial charge in [-0.05, 0) is 30.3 Å². The monoisotopic (exact) mass is 475 g/mol. The molecular formula is C20H15F6N3O2S. The number of amides is 2. The third kappa shape index (κ3) is 5.42. The molecule has 170 valence electrons. The smallest absolute Gasteiger partial charge is 0.325 e. The molecule has 2 amide bonds. The second-order valence-electron chi connectivity index (χ2n) is 6.74. The summed E-state index contributed by atoms with van der Waals surface area (Å²) in [6.07, 6.45) is -9.68. The number of para-hydroxylation sites is 1. The Labute approximate surface area is 182 Å². The molecule has 2 aromatic rings. The molecule has 3 rings (SSSR count). The van der Waals surface area contributed by atoms with E-state index >= 15 is 0 Å². The fourth-order valence-corrected chi connectivity index (χ4v) is 4.02. The van der Waals surface area contributed by atoms with Crippen LogP contribution in [0.5, 0.6) is 0 Å². The third-order valence-electron chi connectivity index (χ3n) is 4.42. The highest BCUT2D eigenvalue weighted by molar-refractivity contribution is 8.15. The maximum absolute atomic E-state index is 13.1. The van der Waals surface area contributed by atoms with Gasteiger partial charge < -0.3 is 5.32 Å². The van der Waals surface area contributed by atoms with Crippen LogP contribution in [0, 0.1) is 0 Å². The number of alkyl halides is 6. The van der Waals surface area contributed by atoms with E-state index in [1.807, 2.05) is 0 Å². The first-order valence-electron chi connectivity index (χ1n) is 9.02. The van der Waals surface area contributed by atoms with E-state index in [0.717, 1.165) is 40.9 Å². The van der Waals surface area contributed by atoms with Crippen molar-refractivity contribution in [3.05, 3.63) is 59.7 Å². The molecule has 32 heavy (non-hydrogen) atoms. The number of nitrogens with one attached hydrogen (secondary N) is 1. The highest BCUT2D eigenvalue weighted by atomic mass is 32.2. The molecule has 12 heteroatoms. The van der Waals surface area contributed by atoms with Crippen LogP contribution in [0.2, 0.25) is 0 Å². The molecule has 5 nitrogen and oxygen atoms in total. The molecule has 1 aliphatic heterocycles. The summed E-state index contributed by atoms with van der Waals surface area (Å²) in [6, 6.07) is 8.62. The Hall–Kier alpha value is -3.02. The Kier molecular flexibility index (Phi) is 6.54. The number of carbonyl (C=O) groups is 2. The van der Waals surface area contributed by atoms with Crippen LogP contribution >= 0.6 is 11.8 Å². The van der Waals surface area contributed by atoms with Crippen molar-refractivity contribution in [2.24, 2.45) is 4.99 Å². The molecular weight excluding hydrogens is 460 g/mol. The Morgan fingerprint density at radius 2 is 1.75 bits per heavy atom. The highest BCUT2D eigenvalue weighted by Gasteiger charge is 2.38. The second-order valence-corrected chi connectivity index (χ2v) is 7.91. The zero-order valence-corrected chi connectivity index (χ0v) is 17.1. The number of hydrogen-bond acceptors (Lipinski definition) is 4. The lowest BCUT2D eigenvalue weighted by Crippen LogP contribution is -2.30. The molecule has 1 aliphatic rings. The SMILES string of the molecule is CN1C(=O)[C@@H](CC(=O)Nc2ccccc2C(F)(F)F)SC1=Nc1cccc(C(F)(F)F)c1. The maximum atomic E-state index is 13.1. The van der Waals surface area contributed by atoms with Crippen molar-refractivity contribution >= 4 is 40.1 Å². The van der Waals surface area contributed by atoms with Crippen LogP contribution in [-0.2, 0) is 21.9 Å². The zero-order chi connectivity index (χ0) is 23.7. The normalized spacial score (nSPS) is 18.3. The highest BCUT2D eigenvalue weighted by Crippen LogP contribution is 2.36.